The zero-order chi connectivity index (χ0) is 25.7. The van der Waals surface area contributed by atoms with Gasteiger partial charge in [-0.15, -0.1) is 0 Å². The van der Waals surface area contributed by atoms with Gasteiger partial charge < -0.3 is 0 Å². The van der Waals surface area contributed by atoms with Gasteiger partial charge in [0, 0.05) is 10.6 Å². The molecule has 0 aliphatic heterocycles. The maximum atomic E-state index is 14.3. The minimum absolute atomic E-state index is 0.329. The normalized spacial score (nSPS) is 10.8. The van der Waals surface area contributed by atoms with Gasteiger partial charge in [0.25, 0.3) is 0 Å². The Balaban J connectivity index is 1.58. The third-order valence-corrected chi connectivity index (χ3v) is 6.75. The van der Waals surface area contributed by atoms with E-state index in [1.54, 1.807) is 6.07 Å². The quantitative estimate of drug-likeness (QED) is 0.129. The van der Waals surface area contributed by atoms with Crippen LogP contribution in [0.3, 0.4) is 0 Å². The van der Waals surface area contributed by atoms with Crippen molar-refractivity contribution in [1.29, 1.82) is 0 Å². The van der Waals surface area contributed by atoms with E-state index in [1.165, 1.54) is 42.5 Å². The highest BCUT2D eigenvalue weighted by molar-refractivity contribution is 7.78. The summed E-state index contributed by atoms with van der Waals surface area (Å²) in [5.74, 6) is -1.63. The number of aryl methyl sites for hydroxylation is 2. The number of thiocarbonyl (C=S) groups is 1. The number of isothiocyanates is 1. The van der Waals surface area contributed by atoms with Crippen LogP contribution >= 0.6 is 23.8 Å². The van der Waals surface area contributed by atoms with Crippen LogP contribution in [0.5, 0.6) is 0 Å². The summed E-state index contributed by atoms with van der Waals surface area (Å²) in [6, 6.07) is 23.1. The van der Waals surface area contributed by atoms with Crippen LogP contribution in [0.15, 0.2) is 77.8 Å². The Morgan fingerprint density at radius 3 is 2.03 bits per heavy atom. The molecule has 182 valence electrons. The summed E-state index contributed by atoms with van der Waals surface area (Å²) in [6.07, 6.45) is 4.83. The van der Waals surface area contributed by atoms with Crippen molar-refractivity contribution in [2.75, 3.05) is 0 Å². The van der Waals surface area contributed by atoms with E-state index in [1.807, 2.05) is 17.3 Å². The molecule has 4 aromatic carbocycles. The van der Waals surface area contributed by atoms with Crippen molar-refractivity contribution in [3.8, 4) is 33.4 Å². The van der Waals surface area contributed by atoms with Crippen molar-refractivity contribution in [2.45, 2.75) is 39.5 Å². The minimum Gasteiger partial charge on any atom is -0.204 e. The summed E-state index contributed by atoms with van der Waals surface area (Å²) in [4.78, 5) is 3.46. The standard InChI is InChI=1S/C31H26ClF2NS/c1-3-4-5-6-21-7-9-22(10-8-21)23-11-13-26(20(2)15-23)24-12-14-27(28(32)16-24)25-17-29(33)31(35-19-36)30(34)18-25/h7-18H,3-6H2,1-2H3. The summed E-state index contributed by atoms with van der Waals surface area (Å²) in [7, 11) is 0. The summed E-state index contributed by atoms with van der Waals surface area (Å²) in [6.45, 7) is 4.29. The van der Waals surface area contributed by atoms with Gasteiger partial charge in [0.15, 0.2) is 11.6 Å². The Kier molecular flexibility index (Phi) is 8.43. The van der Waals surface area contributed by atoms with E-state index in [9.17, 15) is 8.78 Å². The van der Waals surface area contributed by atoms with E-state index >= 15 is 0 Å². The fraction of sp³-hybridized carbons (Fsp3) is 0.194. The minimum atomic E-state index is -0.817. The highest BCUT2D eigenvalue weighted by Gasteiger charge is 2.14. The fourth-order valence-corrected chi connectivity index (χ4v) is 4.78. The molecule has 0 unspecified atom stereocenters. The van der Waals surface area contributed by atoms with E-state index in [-0.39, 0.29) is 0 Å². The van der Waals surface area contributed by atoms with Crippen molar-refractivity contribution < 1.29 is 8.78 Å². The van der Waals surface area contributed by atoms with Crippen LogP contribution in [0.1, 0.15) is 37.3 Å². The fourth-order valence-electron chi connectivity index (χ4n) is 4.40. The zero-order valence-electron chi connectivity index (χ0n) is 20.2. The predicted octanol–water partition coefficient (Wildman–Crippen LogP) is 10.4. The van der Waals surface area contributed by atoms with Gasteiger partial charge in [0.2, 0.25) is 0 Å². The Morgan fingerprint density at radius 1 is 0.778 bits per heavy atom. The van der Waals surface area contributed by atoms with Gasteiger partial charge in [0.05, 0.1) is 5.16 Å². The highest BCUT2D eigenvalue weighted by Crippen LogP contribution is 2.37. The molecule has 0 saturated carbocycles. The lowest BCUT2D eigenvalue weighted by molar-refractivity contribution is 0.588. The van der Waals surface area contributed by atoms with Gasteiger partial charge in [-0.3, -0.25) is 0 Å². The van der Waals surface area contributed by atoms with E-state index in [2.05, 4.69) is 73.5 Å². The van der Waals surface area contributed by atoms with E-state index in [4.69, 9.17) is 11.6 Å². The zero-order valence-corrected chi connectivity index (χ0v) is 21.8. The Hall–Kier alpha value is -3.17. The van der Waals surface area contributed by atoms with Gasteiger partial charge in [-0.1, -0.05) is 86.0 Å². The first-order valence-electron chi connectivity index (χ1n) is 12.0. The number of hydrogen-bond acceptors (Lipinski definition) is 2. The predicted molar refractivity (Wildman–Crippen MR) is 150 cm³/mol. The first kappa shape index (κ1) is 25.9. The van der Waals surface area contributed by atoms with Gasteiger partial charge in [-0.2, -0.15) is 4.99 Å². The summed E-state index contributed by atoms with van der Waals surface area (Å²) < 4.78 is 28.6. The smallest absolute Gasteiger partial charge is 0.153 e. The lowest BCUT2D eigenvalue weighted by Gasteiger charge is -2.12. The third kappa shape index (κ3) is 5.79. The van der Waals surface area contributed by atoms with E-state index < -0.39 is 17.3 Å². The van der Waals surface area contributed by atoms with Gasteiger partial charge in [-0.05, 0) is 89.1 Å². The van der Waals surface area contributed by atoms with Crippen LogP contribution < -0.4 is 0 Å². The Bertz CT molecular complexity index is 1420. The average Bonchev–Trinajstić information content (AvgIpc) is 2.86. The average molecular weight is 518 g/mol. The number of halogens is 3. The van der Waals surface area contributed by atoms with Gasteiger partial charge >= 0.3 is 0 Å². The SMILES string of the molecule is CCCCCc1ccc(-c2ccc(-c3ccc(-c4cc(F)c(N=C=S)c(F)c4)c(Cl)c3)c(C)c2)cc1. The number of hydrogen-bond donors (Lipinski definition) is 0. The molecule has 0 atom stereocenters. The monoisotopic (exact) mass is 517 g/mol. The second kappa shape index (κ2) is 11.7. The van der Waals surface area contributed by atoms with Crippen molar-refractivity contribution >= 4 is 34.7 Å². The van der Waals surface area contributed by atoms with Crippen LogP contribution in [0.25, 0.3) is 33.4 Å². The third-order valence-electron chi connectivity index (χ3n) is 6.35. The van der Waals surface area contributed by atoms with Crippen molar-refractivity contribution in [3.63, 3.8) is 0 Å². The molecule has 0 N–H and O–H groups in total. The number of rotatable bonds is 8. The first-order chi connectivity index (χ1) is 17.4. The van der Waals surface area contributed by atoms with Crippen LogP contribution in [-0.2, 0) is 6.42 Å². The molecule has 0 aliphatic carbocycles. The van der Waals surface area contributed by atoms with Crippen molar-refractivity contribution in [3.05, 3.63) is 101 Å². The Labute approximate surface area is 221 Å². The van der Waals surface area contributed by atoms with Crippen molar-refractivity contribution in [2.24, 2.45) is 4.99 Å². The van der Waals surface area contributed by atoms with Crippen LogP contribution in [0.4, 0.5) is 14.5 Å². The lowest BCUT2D eigenvalue weighted by Crippen LogP contribution is -1.90. The molecule has 0 aromatic heterocycles. The van der Waals surface area contributed by atoms with Crippen LogP contribution in [0.2, 0.25) is 5.02 Å². The van der Waals surface area contributed by atoms with Gasteiger partial charge in [0.1, 0.15) is 5.69 Å². The Morgan fingerprint density at radius 2 is 1.42 bits per heavy atom. The first-order valence-corrected chi connectivity index (χ1v) is 12.8. The lowest BCUT2D eigenvalue weighted by atomic mass is 9.94. The van der Waals surface area contributed by atoms with Crippen molar-refractivity contribution in [1.82, 2.24) is 0 Å². The maximum Gasteiger partial charge on any atom is 0.153 e. The second-order valence-corrected chi connectivity index (χ2v) is 9.46. The maximum absolute atomic E-state index is 14.3. The topological polar surface area (TPSA) is 12.4 Å². The van der Waals surface area contributed by atoms with Crippen LogP contribution in [0, 0.1) is 18.6 Å². The molecule has 0 saturated heterocycles. The largest absolute Gasteiger partial charge is 0.204 e. The van der Waals surface area contributed by atoms with E-state index in [0.29, 0.717) is 16.1 Å². The molecule has 1 nitrogen and oxygen atoms in total. The molecular formula is C31H26ClF2NS. The molecule has 0 aliphatic rings. The molecule has 0 bridgehead atoms. The number of unbranched alkanes of at least 4 members (excludes halogenated alkanes) is 2. The number of aliphatic imine (C=N–C) groups is 1. The van der Waals surface area contributed by atoms with Crippen LogP contribution in [-0.4, -0.2) is 5.16 Å². The van der Waals surface area contributed by atoms with Gasteiger partial charge in [-0.25, -0.2) is 8.78 Å². The highest BCUT2D eigenvalue weighted by atomic mass is 35.5. The molecule has 0 heterocycles. The number of benzene rings is 4. The molecule has 0 fully saturated rings. The molecular weight excluding hydrogens is 492 g/mol. The molecule has 0 spiro atoms. The molecule has 0 radical (unpaired) electrons. The molecule has 4 rings (SSSR count). The molecule has 4 aromatic rings. The number of nitrogens with zero attached hydrogens (tertiary/aromatic N) is 1. The summed E-state index contributed by atoms with van der Waals surface area (Å²) in [5, 5.41) is 2.40. The summed E-state index contributed by atoms with van der Waals surface area (Å²) >= 11 is 11.0. The molecule has 5 heteroatoms. The molecule has 0 amide bonds. The summed E-state index contributed by atoms with van der Waals surface area (Å²) in [5.41, 5.74) is 7.21. The van der Waals surface area contributed by atoms with E-state index in [0.717, 1.165) is 28.7 Å². The molecule has 36 heavy (non-hydrogen) atoms. The second-order valence-electron chi connectivity index (χ2n) is 8.87.